The maximum atomic E-state index is 6.30. The zero-order chi connectivity index (χ0) is 22.5. The average molecular weight is 432 g/mol. The Balaban J connectivity index is 2.16. The van der Waals surface area contributed by atoms with Crippen LogP contribution in [0.4, 0.5) is 5.69 Å². The highest BCUT2D eigenvalue weighted by molar-refractivity contribution is 6.98. The number of allylic oxidation sites excluding steroid dienone is 5. The number of nitrogens with two attached hydrogens (primary N) is 1. The molecular formula is C26H31N2O2Si+. The molecule has 5 heteroatoms. The summed E-state index contributed by atoms with van der Waals surface area (Å²) in [5.41, 5.74) is 14.1. The largest absolute Gasteiger partial charge is 0.493 e. The maximum Gasteiger partial charge on any atom is 0.199 e. The van der Waals surface area contributed by atoms with E-state index in [4.69, 9.17) is 15.2 Å². The lowest BCUT2D eigenvalue weighted by Crippen LogP contribution is -2.49. The molecule has 31 heavy (non-hydrogen) atoms. The summed E-state index contributed by atoms with van der Waals surface area (Å²) in [6, 6.07) is 10.6. The number of nitrogen functional groups attached to an aromatic ring is 1. The number of ether oxygens (including phenoxy) is 2. The van der Waals surface area contributed by atoms with Crippen molar-refractivity contribution in [2.24, 2.45) is 0 Å². The molecule has 0 spiro atoms. The monoisotopic (exact) mass is 431 g/mol. The van der Waals surface area contributed by atoms with Crippen LogP contribution in [0.25, 0.3) is 5.57 Å². The third-order valence-electron chi connectivity index (χ3n) is 6.35. The van der Waals surface area contributed by atoms with Crippen molar-refractivity contribution in [1.29, 1.82) is 0 Å². The van der Waals surface area contributed by atoms with Crippen molar-refractivity contribution < 1.29 is 14.0 Å². The van der Waals surface area contributed by atoms with E-state index >= 15 is 0 Å². The normalized spacial score (nSPS) is 16.5. The molecule has 2 aromatic rings. The molecule has 2 aromatic carbocycles. The van der Waals surface area contributed by atoms with Gasteiger partial charge in [0.15, 0.2) is 17.2 Å². The van der Waals surface area contributed by atoms with E-state index in [1.165, 1.54) is 32.8 Å². The van der Waals surface area contributed by atoms with Crippen molar-refractivity contribution in [3.63, 3.8) is 0 Å². The number of fused-ring (bicyclic) bond motifs is 2. The van der Waals surface area contributed by atoms with Crippen LogP contribution in [-0.4, -0.2) is 46.7 Å². The Morgan fingerprint density at radius 3 is 2.32 bits per heavy atom. The molecule has 4 rings (SSSR count). The molecule has 4 nitrogen and oxygen atoms in total. The number of aryl methyl sites for hydroxylation is 1. The summed E-state index contributed by atoms with van der Waals surface area (Å²) < 4.78 is 13.6. The first-order valence-electron chi connectivity index (χ1n) is 10.5. The summed E-state index contributed by atoms with van der Waals surface area (Å²) >= 11 is 0. The van der Waals surface area contributed by atoms with Gasteiger partial charge in [-0.2, -0.15) is 0 Å². The molecule has 0 fully saturated rings. The lowest BCUT2D eigenvalue weighted by Gasteiger charge is -2.38. The minimum Gasteiger partial charge on any atom is -0.493 e. The van der Waals surface area contributed by atoms with Crippen molar-refractivity contribution in [2.45, 2.75) is 20.0 Å². The molecule has 0 bridgehead atoms. The van der Waals surface area contributed by atoms with E-state index in [2.05, 4.69) is 75.1 Å². The highest BCUT2D eigenvalue weighted by Gasteiger charge is 2.40. The lowest BCUT2D eigenvalue weighted by molar-refractivity contribution is -0.462. The Labute approximate surface area is 186 Å². The summed E-state index contributed by atoms with van der Waals surface area (Å²) in [7, 11) is 5.59. The molecule has 1 aliphatic heterocycles. The minimum absolute atomic E-state index is 0.646. The van der Waals surface area contributed by atoms with Crippen LogP contribution in [0.3, 0.4) is 0 Å². The van der Waals surface area contributed by atoms with Gasteiger partial charge in [0.25, 0.3) is 0 Å². The fourth-order valence-electron chi connectivity index (χ4n) is 4.69. The molecule has 0 radical (unpaired) electrons. The van der Waals surface area contributed by atoms with E-state index in [1.54, 1.807) is 14.2 Å². The highest BCUT2D eigenvalue weighted by Crippen LogP contribution is 2.46. The van der Waals surface area contributed by atoms with Gasteiger partial charge in [-0.1, -0.05) is 36.9 Å². The van der Waals surface area contributed by atoms with Crippen LogP contribution < -0.4 is 20.4 Å². The summed E-state index contributed by atoms with van der Waals surface area (Å²) in [5.74, 6) is 1.36. The molecule has 2 N–H and O–H groups in total. The topological polar surface area (TPSA) is 47.5 Å². The highest BCUT2D eigenvalue weighted by atomic mass is 28.3. The Kier molecular flexibility index (Phi) is 5.18. The van der Waals surface area contributed by atoms with Gasteiger partial charge >= 0.3 is 0 Å². The maximum absolute atomic E-state index is 6.30. The second kappa shape index (κ2) is 7.57. The van der Waals surface area contributed by atoms with Crippen molar-refractivity contribution in [2.75, 3.05) is 34.0 Å². The Bertz CT molecular complexity index is 1210. The first-order chi connectivity index (χ1) is 14.7. The summed E-state index contributed by atoms with van der Waals surface area (Å²) in [6.07, 6.45) is 6.81. The fraction of sp³-hybridized carbons (Fsp3) is 0.269. The zero-order valence-electron chi connectivity index (χ0n) is 19.5. The van der Waals surface area contributed by atoms with Crippen LogP contribution in [0, 0.1) is 6.92 Å². The van der Waals surface area contributed by atoms with Gasteiger partial charge in [0, 0.05) is 29.5 Å². The summed E-state index contributed by atoms with van der Waals surface area (Å²) in [6.45, 7) is 7.05. The van der Waals surface area contributed by atoms with E-state index in [0.717, 1.165) is 11.1 Å². The van der Waals surface area contributed by atoms with Crippen LogP contribution in [0.15, 0.2) is 59.3 Å². The second-order valence-electron chi connectivity index (χ2n) is 8.98. The molecule has 0 aromatic heterocycles. The van der Waals surface area contributed by atoms with Gasteiger partial charge in [-0.3, -0.25) is 0 Å². The summed E-state index contributed by atoms with van der Waals surface area (Å²) in [5, 5.41) is 2.87. The Morgan fingerprint density at radius 2 is 1.68 bits per heavy atom. The van der Waals surface area contributed by atoms with E-state index in [9.17, 15) is 0 Å². The first-order valence-corrected chi connectivity index (χ1v) is 13.5. The van der Waals surface area contributed by atoms with Crippen LogP contribution >= 0.6 is 0 Å². The van der Waals surface area contributed by atoms with Crippen LogP contribution in [0.5, 0.6) is 11.5 Å². The fourth-order valence-corrected chi connectivity index (χ4v) is 7.84. The smallest absolute Gasteiger partial charge is 0.199 e. The van der Waals surface area contributed by atoms with Gasteiger partial charge in [0.2, 0.25) is 0 Å². The molecule has 0 saturated heterocycles. The van der Waals surface area contributed by atoms with E-state index in [0.29, 0.717) is 17.2 Å². The second-order valence-corrected chi connectivity index (χ2v) is 13.3. The predicted octanol–water partition coefficient (Wildman–Crippen LogP) is 4.07. The van der Waals surface area contributed by atoms with E-state index < -0.39 is 8.07 Å². The Hall–Kier alpha value is -3.05. The third-order valence-corrected chi connectivity index (χ3v) is 9.87. The van der Waals surface area contributed by atoms with Crippen molar-refractivity contribution in [1.82, 2.24) is 0 Å². The van der Waals surface area contributed by atoms with E-state index in [1.807, 2.05) is 12.1 Å². The molecule has 0 saturated carbocycles. The van der Waals surface area contributed by atoms with Gasteiger partial charge in [0.05, 0.1) is 14.2 Å². The number of methoxy groups -OCH3 is 2. The molecule has 0 amide bonds. The number of benzene rings is 2. The number of anilines is 1. The lowest BCUT2D eigenvalue weighted by atomic mass is 9.88. The molecular weight excluding hydrogens is 400 g/mol. The SMILES string of the molecule is COc1cc(N)cc(C2=C3C=CC(=[N+](C)C)C=C3[Si](C)(C)c3cc(C)ccc32)c1OC. The van der Waals surface area contributed by atoms with Gasteiger partial charge in [-0.05, 0) is 46.2 Å². The standard InChI is InChI=1S/C26H31N2O2Si/c1-16-8-10-19-23(12-16)31(6,7)24-15-18(28(2)3)9-11-20(24)25(19)21-13-17(27)14-22(29-4)26(21)30-5/h8-15H,27H2,1-7H3/q+1. The van der Waals surface area contributed by atoms with Gasteiger partial charge in [0.1, 0.15) is 22.2 Å². The van der Waals surface area contributed by atoms with Crippen LogP contribution in [-0.2, 0) is 0 Å². The van der Waals surface area contributed by atoms with Crippen LogP contribution in [0.1, 0.15) is 16.7 Å². The zero-order valence-corrected chi connectivity index (χ0v) is 20.5. The number of rotatable bonds is 3. The van der Waals surface area contributed by atoms with Gasteiger partial charge in [-0.25, -0.2) is 4.58 Å². The number of nitrogens with zero attached hydrogens (tertiary/aromatic N) is 1. The quantitative estimate of drug-likeness (QED) is 0.453. The first kappa shape index (κ1) is 21.2. The van der Waals surface area contributed by atoms with Gasteiger partial charge < -0.3 is 15.2 Å². The summed E-state index contributed by atoms with van der Waals surface area (Å²) in [4.78, 5) is 0. The average Bonchev–Trinajstić information content (AvgIpc) is 2.73. The van der Waals surface area contributed by atoms with Gasteiger partial charge in [-0.15, -0.1) is 0 Å². The Morgan fingerprint density at radius 1 is 0.935 bits per heavy atom. The minimum atomic E-state index is -1.93. The molecule has 0 unspecified atom stereocenters. The molecule has 0 atom stereocenters. The molecule has 160 valence electrons. The van der Waals surface area contributed by atoms with Crippen LogP contribution in [0.2, 0.25) is 13.1 Å². The third kappa shape index (κ3) is 3.33. The van der Waals surface area contributed by atoms with Crippen molar-refractivity contribution in [3.05, 3.63) is 76.0 Å². The molecule has 1 aliphatic carbocycles. The van der Waals surface area contributed by atoms with Crippen molar-refractivity contribution >= 4 is 30.2 Å². The van der Waals surface area contributed by atoms with Crippen molar-refractivity contribution in [3.8, 4) is 11.5 Å². The number of hydrogen-bond donors (Lipinski definition) is 1. The van der Waals surface area contributed by atoms with E-state index in [-0.39, 0.29) is 0 Å². The molecule has 1 heterocycles. The number of hydrogen-bond acceptors (Lipinski definition) is 3. The predicted molar refractivity (Wildman–Crippen MR) is 133 cm³/mol. The molecule has 2 aliphatic rings.